The Balaban J connectivity index is 1.59. The Morgan fingerprint density at radius 3 is 2.71 bits per heavy atom. The monoisotopic (exact) mass is 330 g/mol. The van der Waals surface area contributed by atoms with Crippen molar-refractivity contribution in [2.24, 2.45) is 0 Å². The summed E-state index contributed by atoms with van der Waals surface area (Å²) in [5.74, 6) is 2.02. The average Bonchev–Trinajstić information content (AvgIpc) is 3.02. The Bertz CT molecular complexity index is 660. The maximum atomic E-state index is 5.76. The van der Waals surface area contributed by atoms with Crippen LogP contribution in [0.25, 0.3) is 0 Å². The third-order valence-corrected chi connectivity index (χ3v) is 4.38. The highest BCUT2D eigenvalue weighted by atomic mass is 16.5. The first kappa shape index (κ1) is 16.9. The van der Waals surface area contributed by atoms with E-state index in [-0.39, 0.29) is 18.1 Å². The Kier molecular flexibility index (Phi) is 4.87. The van der Waals surface area contributed by atoms with Gasteiger partial charge in [0.25, 0.3) is 5.89 Å². The summed E-state index contributed by atoms with van der Waals surface area (Å²) in [6.45, 7) is 9.67. The first-order chi connectivity index (χ1) is 11.4. The third kappa shape index (κ3) is 3.94. The largest absolute Gasteiger partial charge is 0.484 e. The minimum atomic E-state index is 0.139. The summed E-state index contributed by atoms with van der Waals surface area (Å²) >= 11 is 0. The molecule has 0 radical (unpaired) electrons. The van der Waals surface area contributed by atoms with Gasteiger partial charge < -0.3 is 14.6 Å². The molecule has 1 aromatic carbocycles. The van der Waals surface area contributed by atoms with Gasteiger partial charge in [-0.2, -0.15) is 4.98 Å². The zero-order valence-corrected chi connectivity index (χ0v) is 14.9. The number of rotatable bonds is 4. The number of nitrogens with one attached hydrogen (secondary N) is 1. The summed E-state index contributed by atoms with van der Waals surface area (Å²) in [6, 6.07) is 8.31. The minimum absolute atomic E-state index is 0.139. The molecular weight excluding hydrogens is 304 g/mol. The van der Waals surface area contributed by atoms with Crippen molar-refractivity contribution in [2.45, 2.75) is 38.8 Å². The maximum absolute atomic E-state index is 5.76. The third-order valence-electron chi connectivity index (χ3n) is 4.38. The first-order valence-corrected chi connectivity index (χ1v) is 8.40. The molecule has 1 N–H and O–H groups in total. The van der Waals surface area contributed by atoms with Gasteiger partial charge in [0, 0.05) is 19.6 Å². The van der Waals surface area contributed by atoms with E-state index in [0.717, 1.165) is 25.4 Å². The lowest BCUT2D eigenvalue weighted by atomic mass is 9.87. The summed E-state index contributed by atoms with van der Waals surface area (Å²) in [4.78, 5) is 6.71. The van der Waals surface area contributed by atoms with Crippen LogP contribution in [0.1, 0.15) is 44.1 Å². The van der Waals surface area contributed by atoms with Crippen LogP contribution < -0.4 is 10.1 Å². The van der Waals surface area contributed by atoms with E-state index in [9.17, 15) is 0 Å². The minimum Gasteiger partial charge on any atom is -0.484 e. The molecule has 0 aliphatic carbocycles. The Morgan fingerprint density at radius 1 is 1.29 bits per heavy atom. The van der Waals surface area contributed by atoms with Crippen molar-refractivity contribution in [2.75, 3.05) is 26.7 Å². The standard InChI is InChI=1S/C18H26N4O2/c1-18(2,3)13-5-7-14(8-6-13)23-12-16-20-17(21-24-16)15-11-19-9-10-22(15)4/h5-8,15,19H,9-12H2,1-4H3. The lowest BCUT2D eigenvalue weighted by Crippen LogP contribution is -2.44. The average molecular weight is 330 g/mol. The molecule has 24 heavy (non-hydrogen) atoms. The molecule has 2 heterocycles. The second-order valence-electron chi connectivity index (χ2n) is 7.31. The van der Waals surface area contributed by atoms with Gasteiger partial charge in [-0.3, -0.25) is 4.90 Å². The molecule has 1 saturated heterocycles. The van der Waals surface area contributed by atoms with Crippen LogP contribution in [0.2, 0.25) is 0 Å². The van der Waals surface area contributed by atoms with E-state index in [1.165, 1.54) is 5.56 Å². The van der Waals surface area contributed by atoms with Gasteiger partial charge in [0.15, 0.2) is 12.4 Å². The summed E-state index contributed by atoms with van der Waals surface area (Å²) in [5, 5.41) is 7.45. The van der Waals surface area contributed by atoms with E-state index in [0.29, 0.717) is 11.7 Å². The van der Waals surface area contributed by atoms with Crippen LogP contribution in [0.15, 0.2) is 28.8 Å². The van der Waals surface area contributed by atoms with Crippen LogP contribution in [-0.4, -0.2) is 41.7 Å². The normalized spacial score (nSPS) is 19.4. The van der Waals surface area contributed by atoms with Crippen LogP contribution in [0.4, 0.5) is 0 Å². The summed E-state index contributed by atoms with van der Waals surface area (Å²) in [7, 11) is 2.08. The molecule has 1 aromatic heterocycles. The van der Waals surface area contributed by atoms with Crippen molar-refractivity contribution >= 4 is 0 Å². The molecule has 1 unspecified atom stereocenters. The summed E-state index contributed by atoms with van der Waals surface area (Å²) < 4.78 is 11.1. The smallest absolute Gasteiger partial charge is 0.264 e. The van der Waals surface area contributed by atoms with Gasteiger partial charge in [-0.1, -0.05) is 38.1 Å². The number of aromatic nitrogens is 2. The van der Waals surface area contributed by atoms with Crippen molar-refractivity contribution in [1.82, 2.24) is 20.4 Å². The molecule has 1 fully saturated rings. The van der Waals surface area contributed by atoms with Crippen LogP contribution in [0.3, 0.4) is 0 Å². The van der Waals surface area contributed by atoms with Gasteiger partial charge >= 0.3 is 0 Å². The zero-order chi connectivity index (χ0) is 17.2. The second kappa shape index (κ2) is 6.91. The summed E-state index contributed by atoms with van der Waals surface area (Å²) in [5.41, 5.74) is 1.42. The zero-order valence-electron chi connectivity index (χ0n) is 14.9. The Hall–Kier alpha value is -1.92. The molecule has 6 nitrogen and oxygen atoms in total. The highest BCUT2D eigenvalue weighted by molar-refractivity contribution is 5.31. The molecule has 0 bridgehead atoms. The predicted molar refractivity (Wildman–Crippen MR) is 92.0 cm³/mol. The number of piperazine rings is 1. The van der Waals surface area contributed by atoms with Crippen molar-refractivity contribution in [3.63, 3.8) is 0 Å². The molecule has 1 aliphatic heterocycles. The van der Waals surface area contributed by atoms with Crippen molar-refractivity contribution in [3.05, 3.63) is 41.5 Å². The van der Waals surface area contributed by atoms with E-state index in [1.54, 1.807) is 0 Å². The number of likely N-dealkylation sites (N-methyl/N-ethyl adjacent to an activating group) is 1. The second-order valence-corrected chi connectivity index (χ2v) is 7.31. The van der Waals surface area contributed by atoms with E-state index in [4.69, 9.17) is 9.26 Å². The van der Waals surface area contributed by atoms with Gasteiger partial charge in [0.1, 0.15) is 5.75 Å². The van der Waals surface area contributed by atoms with E-state index >= 15 is 0 Å². The molecule has 0 saturated carbocycles. The van der Waals surface area contributed by atoms with Gasteiger partial charge in [0.2, 0.25) is 0 Å². The van der Waals surface area contributed by atoms with Crippen LogP contribution in [0, 0.1) is 0 Å². The molecule has 2 aromatic rings. The first-order valence-electron chi connectivity index (χ1n) is 8.40. The number of hydrogen-bond acceptors (Lipinski definition) is 6. The summed E-state index contributed by atoms with van der Waals surface area (Å²) in [6.07, 6.45) is 0. The highest BCUT2D eigenvalue weighted by Crippen LogP contribution is 2.24. The SMILES string of the molecule is CN1CCNCC1c1noc(COc2ccc(C(C)(C)C)cc2)n1. The van der Waals surface area contributed by atoms with Gasteiger partial charge in [0.05, 0.1) is 6.04 Å². The van der Waals surface area contributed by atoms with Crippen LogP contribution in [-0.2, 0) is 12.0 Å². The maximum Gasteiger partial charge on any atom is 0.264 e. The fourth-order valence-corrected chi connectivity index (χ4v) is 2.75. The Morgan fingerprint density at radius 2 is 2.04 bits per heavy atom. The lowest BCUT2D eigenvalue weighted by molar-refractivity contribution is 0.189. The molecule has 0 spiro atoms. The van der Waals surface area contributed by atoms with Gasteiger partial charge in [-0.05, 0) is 30.2 Å². The molecule has 3 rings (SSSR count). The quantitative estimate of drug-likeness (QED) is 0.929. The number of ether oxygens (including phenoxy) is 1. The van der Waals surface area contributed by atoms with Crippen molar-refractivity contribution < 1.29 is 9.26 Å². The molecule has 130 valence electrons. The Labute approximate surface area is 143 Å². The van der Waals surface area contributed by atoms with E-state index in [2.05, 4.69) is 60.3 Å². The van der Waals surface area contributed by atoms with Gasteiger partial charge in [-0.25, -0.2) is 0 Å². The van der Waals surface area contributed by atoms with Crippen molar-refractivity contribution in [1.29, 1.82) is 0 Å². The molecule has 6 heteroatoms. The highest BCUT2D eigenvalue weighted by Gasteiger charge is 2.25. The molecular formula is C18H26N4O2. The fourth-order valence-electron chi connectivity index (χ4n) is 2.75. The van der Waals surface area contributed by atoms with E-state index < -0.39 is 0 Å². The van der Waals surface area contributed by atoms with Crippen LogP contribution in [0.5, 0.6) is 5.75 Å². The lowest BCUT2D eigenvalue weighted by Gasteiger charge is -2.30. The van der Waals surface area contributed by atoms with E-state index in [1.807, 2.05) is 12.1 Å². The number of hydrogen-bond donors (Lipinski definition) is 1. The van der Waals surface area contributed by atoms with Crippen molar-refractivity contribution in [3.8, 4) is 5.75 Å². The molecule has 0 amide bonds. The topological polar surface area (TPSA) is 63.4 Å². The fraction of sp³-hybridized carbons (Fsp3) is 0.556. The molecule has 1 aliphatic rings. The predicted octanol–water partition coefficient (Wildman–Crippen LogP) is 2.52. The van der Waals surface area contributed by atoms with Gasteiger partial charge in [-0.15, -0.1) is 0 Å². The molecule has 1 atom stereocenters. The number of benzene rings is 1. The number of nitrogens with zero attached hydrogens (tertiary/aromatic N) is 3. The van der Waals surface area contributed by atoms with Crippen LogP contribution >= 0.6 is 0 Å².